The van der Waals surface area contributed by atoms with Crippen LogP contribution in [-0.2, 0) is 0 Å². The first-order chi connectivity index (χ1) is 13.6. The van der Waals surface area contributed by atoms with Gasteiger partial charge >= 0.3 is 0 Å². The zero-order valence-corrected chi connectivity index (χ0v) is 16.1. The van der Waals surface area contributed by atoms with Crippen LogP contribution in [0.25, 0.3) is 10.9 Å². The molecule has 1 fully saturated rings. The standard InChI is InChI=1S/C20H18F2N2O3S/c1-25-18-9-13-16(10-19(18)26-2)23-6-5-17(13)27-11-7-14(21)20(15(22)8-11)24-28-12-3-4-12/h5-10,12,24H,3-4H2,1-2H3. The summed E-state index contributed by atoms with van der Waals surface area (Å²) in [7, 11) is 3.06. The fraction of sp³-hybridized carbons (Fsp3) is 0.250. The van der Waals surface area contributed by atoms with E-state index >= 15 is 0 Å². The minimum absolute atomic E-state index is 0.0549. The summed E-state index contributed by atoms with van der Waals surface area (Å²) in [5, 5.41) is 1.05. The van der Waals surface area contributed by atoms with Crippen molar-refractivity contribution in [3.8, 4) is 23.0 Å². The molecule has 1 aliphatic rings. The minimum Gasteiger partial charge on any atom is -0.493 e. The van der Waals surface area contributed by atoms with E-state index < -0.39 is 11.6 Å². The van der Waals surface area contributed by atoms with Crippen LogP contribution >= 0.6 is 11.9 Å². The Morgan fingerprint density at radius 1 is 1.00 bits per heavy atom. The first kappa shape index (κ1) is 18.6. The maximum Gasteiger partial charge on any atom is 0.162 e. The van der Waals surface area contributed by atoms with Crippen molar-refractivity contribution in [1.82, 2.24) is 4.98 Å². The third-order valence-electron chi connectivity index (χ3n) is 4.30. The Morgan fingerprint density at radius 2 is 1.68 bits per heavy atom. The topological polar surface area (TPSA) is 52.6 Å². The van der Waals surface area contributed by atoms with E-state index in [1.54, 1.807) is 24.4 Å². The molecule has 1 aliphatic carbocycles. The molecule has 3 aromatic rings. The summed E-state index contributed by atoms with van der Waals surface area (Å²) < 4.78 is 47.9. The van der Waals surface area contributed by atoms with Gasteiger partial charge in [-0.15, -0.1) is 0 Å². The number of ether oxygens (including phenoxy) is 3. The second kappa shape index (κ2) is 7.71. The third kappa shape index (κ3) is 3.77. The molecular formula is C20H18F2N2O3S. The number of pyridine rings is 1. The number of methoxy groups -OCH3 is 2. The van der Waals surface area contributed by atoms with E-state index in [4.69, 9.17) is 14.2 Å². The lowest BCUT2D eigenvalue weighted by atomic mass is 10.2. The fourth-order valence-corrected chi connectivity index (χ4v) is 3.55. The highest BCUT2D eigenvalue weighted by atomic mass is 32.2. The van der Waals surface area contributed by atoms with Gasteiger partial charge in [-0.1, -0.05) is 0 Å². The van der Waals surface area contributed by atoms with Gasteiger partial charge in [-0.05, 0) is 36.9 Å². The molecule has 0 aliphatic heterocycles. The molecule has 0 unspecified atom stereocenters. The van der Waals surface area contributed by atoms with Gasteiger partial charge in [0.25, 0.3) is 0 Å². The molecule has 0 atom stereocenters. The summed E-state index contributed by atoms with van der Waals surface area (Å²) >= 11 is 1.34. The summed E-state index contributed by atoms with van der Waals surface area (Å²) in [6.45, 7) is 0. The van der Waals surface area contributed by atoms with Crippen molar-refractivity contribution in [1.29, 1.82) is 0 Å². The molecule has 1 N–H and O–H groups in total. The molecule has 8 heteroatoms. The van der Waals surface area contributed by atoms with Gasteiger partial charge in [0.2, 0.25) is 0 Å². The van der Waals surface area contributed by atoms with Gasteiger partial charge in [0.05, 0.1) is 19.7 Å². The number of benzene rings is 2. The largest absolute Gasteiger partial charge is 0.493 e. The van der Waals surface area contributed by atoms with Gasteiger partial charge in [0, 0.05) is 35.0 Å². The van der Waals surface area contributed by atoms with Gasteiger partial charge in [0.15, 0.2) is 23.1 Å². The number of fused-ring (bicyclic) bond motifs is 1. The molecule has 5 nitrogen and oxygen atoms in total. The molecule has 1 aromatic heterocycles. The van der Waals surface area contributed by atoms with Crippen molar-refractivity contribution in [2.24, 2.45) is 0 Å². The lowest BCUT2D eigenvalue weighted by Crippen LogP contribution is -1.98. The van der Waals surface area contributed by atoms with Crippen molar-refractivity contribution < 1.29 is 23.0 Å². The summed E-state index contributed by atoms with van der Waals surface area (Å²) in [4.78, 5) is 4.29. The van der Waals surface area contributed by atoms with E-state index in [1.165, 1.54) is 26.2 Å². The molecule has 146 valence electrons. The zero-order valence-electron chi connectivity index (χ0n) is 15.3. The van der Waals surface area contributed by atoms with E-state index in [0.29, 0.717) is 33.4 Å². The Bertz CT molecular complexity index is 1000. The van der Waals surface area contributed by atoms with E-state index in [9.17, 15) is 8.78 Å². The Balaban J connectivity index is 1.65. The molecule has 1 heterocycles. The molecule has 0 saturated heterocycles. The van der Waals surface area contributed by atoms with E-state index in [2.05, 4.69) is 9.71 Å². The number of halogens is 2. The van der Waals surface area contributed by atoms with Crippen molar-refractivity contribution >= 4 is 28.5 Å². The van der Waals surface area contributed by atoms with Crippen molar-refractivity contribution in [2.45, 2.75) is 18.1 Å². The average Bonchev–Trinajstić information content (AvgIpc) is 3.51. The molecule has 4 rings (SSSR count). The highest BCUT2D eigenvalue weighted by molar-refractivity contribution is 8.01. The maximum absolute atomic E-state index is 14.4. The summed E-state index contributed by atoms with van der Waals surface area (Å²) in [6.07, 6.45) is 3.68. The number of rotatable bonds is 7. The first-order valence-electron chi connectivity index (χ1n) is 8.68. The van der Waals surface area contributed by atoms with Crippen LogP contribution in [0, 0.1) is 11.6 Å². The van der Waals surface area contributed by atoms with Crippen LogP contribution in [0.5, 0.6) is 23.0 Å². The molecule has 0 bridgehead atoms. The van der Waals surface area contributed by atoms with Crippen LogP contribution in [0.2, 0.25) is 0 Å². The maximum atomic E-state index is 14.4. The van der Waals surface area contributed by atoms with E-state index in [0.717, 1.165) is 25.0 Å². The van der Waals surface area contributed by atoms with Crippen molar-refractivity contribution in [3.63, 3.8) is 0 Å². The van der Waals surface area contributed by atoms with Crippen LogP contribution in [-0.4, -0.2) is 24.5 Å². The summed E-state index contributed by atoms with van der Waals surface area (Å²) in [6, 6.07) is 7.37. The SMILES string of the molecule is COc1cc2nccc(Oc3cc(F)c(NSC4CC4)c(F)c3)c2cc1OC. The number of hydrogen-bond donors (Lipinski definition) is 1. The van der Waals surface area contributed by atoms with Crippen LogP contribution < -0.4 is 18.9 Å². The van der Waals surface area contributed by atoms with Crippen LogP contribution in [0.3, 0.4) is 0 Å². The summed E-state index contributed by atoms with van der Waals surface area (Å²) in [5.74, 6) is 0.0702. The minimum atomic E-state index is -0.708. The molecule has 2 aromatic carbocycles. The lowest BCUT2D eigenvalue weighted by molar-refractivity contribution is 0.355. The Labute approximate surface area is 165 Å². The van der Waals surface area contributed by atoms with Crippen LogP contribution in [0.4, 0.5) is 14.5 Å². The van der Waals surface area contributed by atoms with E-state index in [1.807, 2.05) is 0 Å². The number of nitrogens with one attached hydrogen (secondary N) is 1. The van der Waals surface area contributed by atoms with Crippen LogP contribution in [0.1, 0.15) is 12.8 Å². The Kier molecular flexibility index (Phi) is 5.13. The lowest BCUT2D eigenvalue weighted by Gasteiger charge is -2.13. The van der Waals surface area contributed by atoms with Gasteiger partial charge in [-0.3, -0.25) is 4.98 Å². The van der Waals surface area contributed by atoms with Crippen molar-refractivity contribution in [3.05, 3.63) is 48.2 Å². The molecule has 28 heavy (non-hydrogen) atoms. The van der Waals surface area contributed by atoms with Gasteiger partial charge in [-0.25, -0.2) is 8.78 Å². The van der Waals surface area contributed by atoms with Crippen LogP contribution in [0.15, 0.2) is 36.5 Å². The number of anilines is 1. The predicted molar refractivity (Wildman–Crippen MR) is 106 cm³/mol. The average molecular weight is 404 g/mol. The Hall–Kier alpha value is -2.74. The van der Waals surface area contributed by atoms with Gasteiger partial charge < -0.3 is 18.9 Å². The number of nitrogens with zero attached hydrogens (tertiary/aromatic N) is 1. The monoisotopic (exact) mass is 404 g/mol. The molecule has 1 saturated carbocycles. The van der Waals surface area contributed by atoms with E-state index in [-0.39, 0.29) is 11.4 Å². The summed E-state index contributed by atoms with van der Waals surface area (Å²) in [5.41, 5.74) is 0.449. The molecule has 0 spiro atoms. The third-order valence-corrected chi connectivity index (χ3v) is 5.43. The molecular weight excluding hydrogens is 386 g/mol. The van der Waals surface area contributed by atoms with Gasteiger partial charge in [-0.2, -0.15) is 0 Å². The Morgan fingerprint density at radius 3 is 2.32 bits per heavy atom. The zero-order chi connectivity index (χ0) is 19.7. The molecule has 0 amide bonds. The van der Waals surface area contributed by atoms with Crippen molar-refractivity contribution in [2.75, 3.05) is 18.9 Å². The number of hydrogen-bond acceptors (Lipinski definition) is 6. The second-order valence-corrected chi connectivity index (χ2v) is 7.42. The van der Waals surface area contributed by atoms with Gasteiger partial charge in [0.1, 0.15) is 17.2 Å². The smallest absolute Gasteiger partial charge is 0.162 e. The predicted octanol–water partition coefficient (Wildman–Crippen LogP) is 5.55. The fourth-order valence-electron chi connectivity index (χ4n) is 2.70. The first-order valence-corrected chi connectivity index (χ1v) is 9.56. The number of aromatic nitrogens is 1. The highest BCUT2D eigenvalue weighted by Gasteiger charge is 2.23. The quantitative estimate of drug-likeness (QED) is 0.522. The second-order valence-electron chi connectivity index (χ2n) is 6.32. The molecule has 0 radical (unpaired) electrons. The normalized spacial score (nSPS) is 13.4. The highest BCUT2D eigenvalue weighted by Crippen LogP contribution is 2.39.